The molecule has 20 heavy (non-hydrogen) atoms. The van der Waals surface area contributed by atoms with Crippen LogP contribution in [-0.4, -0.2) is 5.91 Å². The lowest BCUT2D eigenvalue weighted by Crippen LogP contribution is -2.14. The van der Waals surface area contributed by atoms with E-state index in [-0.39, 0.29) is 11.8 Å². The highest BCUT2D eigenvalue weighted by atomic mass is 35.5. The summed E-state index contributed by atoms with van der Waals surface area (Å²) in [5.41, 5.74) is 1.68. The van der Waals surface area contributed by atoms with Gasteiger partial charge in [0.2, 0.25) is 5.91 Å². The maximum atomic E-state index is 12.0. The van der Waals surface area contributed by atoms with Crippen LogP contribution in [0.25, 0.3) is 0 Å². The first-order chi connectivity index (χ1) is 9.56. The van der Waals surface area contributed by atoms with Gasteiger partial charge >= 0.3 is 0 Å². The standard InChI is InChI=1S/C16H15Cl2NO/c1-11(12-5-3-2-4-6-12)9-16(20)19-15-10-13(17)7-8-14(15)18/h2-8,10-11H,9H2,1H3,(H,19,20). The summed E-state index contributed by atoms with van der Waals surface area (Å²) in [4.78, 5) is 12.0. The summed E-state index contributed by atoms with van der Waals surface area (Å²) < 4.78 is 0. The molecule has 2 aromatic rings. The highest BCUT2D eigenvalue weighted by Gasteiger charge is 2.12. The fraction of sp³-hybridized carbons (Fsp3) is 0.188. The number of halogens is 2. The highest BCUT2D eigenvalue weighted by molar-refractivity contribution is 6.35. The largest absolute Gasteiger partial charge is 0.325 e. The molecule has 0 aromatic heterocycles. The SMILES string of the molecule is CC(CC(=O)Nc1cc(Cl)ccc1Cl)c1ccccc1. The Morgan fingerprint density at radius 2 is 1.85 bits per heavy atom. The van der Waals surface area contributed by atoms with Crippen molar-refractivity contribution in [3.05, 3.63) is 64.1 Å². The minimum absolute atomic E-state index is 0.0782. The van der Waals surface area contributed by atoms with E-state index < -0.39 is 0 Å². The first-order valence-corrected chi connectivity index (χ1v) is 7.11. The molecule has 2 aromatic carbocycles. The van der Waals surface area contributed by atoms with Crippen LogP contribution in [0.3, 0.4) is 0 Å². The summed E-state index contributed by atoms with van der Waals surface area (Å²) in [7, 11) is 0. The Hall–Kier alpha value is -1.51. The number of rotatable bonds is 4. The van der Waals surface area contributed by atoms with Crippen LogP contribution in [0.1, 0.15) is 24.8 Å². The van der Waals surface area contributed by atoms with E-state index >= 15 is 0 Å². The average molecular weight is 308 g/mol. The van der Waals surface area contributed by atoms with Crippen molar-refractivity contribution in [2.45, 2.75) is 19.3 Å². The highest BCUT2D eigenvalue weighted by Crippen LogP contribution is 2.26. The maximum absolute atomic E-state index is 12.0. The van der Waals surface area contributed by atoms with Crippen molar-refractivity contribution in [3.8, 4) is 0 Å². The smallest absolute Gasteiger partial charge is 0.225 e. The Kier molecular flexibility index (Phi) is 5.05. The Labute approximate surface area is 128 Å². The third kappa shape index (κ3) is 3.99. The number of amides is 1. The molecule has 0 heterocycles. The molecule has 0 aliphatic rings. The van der Waals surface area contributed by atoms with Crippen LogP contribution in [-0.2, 0) is 4.79 Å². The maximum Gasteiger partial charge on any atom is 0.225 e. The zero-order valence-corrected chi connectivity index (χ0v) is 12.6. The van der Waals surface area contributed by atoms with Gasteiger partial charge in [-0.15, -0.1) is 0 Å². The monoisotopic (exact) mass is 307 g/mol. The fourth-order valence-electron chi connectivity index (χ4n) is 1.97. The first kappa shape index (κ1) is 14.9. The van der Waals surface area contributed by atoms with Crippen molar-refractivity contribution in [1.29, 1.82) is 0 Å². The van der Waals surface area contributed by atoms with Gasteiger partial charge in [-0.2, -0.15) is 0 Å². The average Bonchev–Trinajstić information content (AvgIpc) is 2.43. The molecule has 0 aliphatic carbocycles. The quantitative estimate of drug-likeness (QED) is 0.834. The summed E-state index contributed by atoms with van der Waals surface area (Å²) in [5.74, 6) is 0.0691. The summed E-state index contributed by atoms with van der Waals surface area (Å²) in [6.07, 6.45) is 0.396. The lowest BCUT2D eigenvalue weighted by molar-refractivity contribution is -0.116. The predicted molar refractivity (Wildman–Crippen MR) is 84.6 cm³/mol. The Balaban J connectivity index is 2.01. The third-order valence-electron chi connectivity index (χ3n) is 3.06. The molecule has 2 rings (SSSR count). The van der Waals surface area contributed by atoms with Gasteiger partial charge in [0.25, 0.3) is 0 Å². The lowest BCUT2D eigenvalue weighted by Gasteiger charge is -2.13. The molecule has 2 nitrogen and oxygen atoms in total. The number of hydrogen-bond acceptors (Lipinski definition) is 1. The molecule has 0 bridgehead atoms. The summed E-state index contributed by atoms with van der Waals surface area (Å²) >= 11 is 11.9. The third-order valence-corrected chi connectivity index (χ3v) is 3.63. The molecule has 0 fully saturated rings. The molecule has 1 N–H and O–H groups in total. The molecule has 4 heteroatoms. The van der Waals surface area contributed by atoms with E-state index in [0.29, 0.717) is 22.2 Å². The van der Waals surface area contributed by atoms with E-state index in [2.05, 4.69) is 5.32 Å². The molecule has 104 valence electrons. The van der Waals surface area contributed by atoms with Gasteiger partial charge in [0, 0.05) is 11.4 Å². The van der Waals surface area contributed by atoms with Gasteiger partial charge in [-0.1, -0.05) is 60.5 Å². The van der Waals surface area contributed by atoms with Gasteiger partial charge in [-0.25, -0.2) is 0 Å². The second kappa shape index (κ2) is 6.78. The topological polar surface area (TPSA) is 29.1 Å². The summed E-state index contributed by atoms with van der Waals surface area (Å²) in [6, 6.07) is 14.9. The van der Waals surface area contributed by atoms with E-state index in [0.717, 1.165) is 5.56 Å². The number of carbonyl (C=O) groups excluding carboxylic acids is 1. The minimum Gasteiger partial charge on any atom is -0.325 e. The van der Waals surface area contributed by atoms with Crippen LogP contribution in [0, 0.1) is 0 Å². The van der Waals surface area contributed by atoms with Crippen molar-refractivity contribution in [1.82, 2.24) is 0 Å². The van der Waals surface area contributed by atoms with Crippen LogP contribution in [0.4, 0.5) is 5.69 Å². The zero-order valence-electron chi connectivity index (χ0n) is 11.1. The van der Waals surface area contributed by atoms with Crippen molar-refractivity contribution >= 4 is 34.8 Å². The molecule has 0 spiro atoms. The van der Waals surface area contributed by atoms with Gasteiger partial charge in [0.05, 0.1) is 10.7 Å². The molecular weight excluding hydrogens is 293 g/mol. The van der Waals surface area contributed by atoms with Gasteiger partial charge in [-0.05, 0) is 29.7 Å². The second-order valence-electron chi connectivity index (χ2n) is 4.69. The van der Waals surface area contributed by atoms with Crippen molar-refractivity contribution in [2.24, 2.45) is 0 Å². The molecule has 0 saturated heterocycles. The van der Waals surface area contributed by atoms with Crippen molar-refractivity contribution in [3.63, 3.8) is 0 Å². The van der Waals surface area contributed by atoms with Crippen molar-refractivity contribution < 1.29 is 4.79 Å². The van der Waals surface area contributed by atoms with E-state index in [1.807, 2.05) is 37.3 Å². The van der Waals surface area contributed by atoms with Gasteiger partial charge in [0.1, 0.15) is 0 Å². The number of anilines is 1. The Morgan fingerprint density at radius 1 is 1.15 bits per heavy atom. The summed E-state index contributed by atoms with van der Waals surface area (Å²) in [6.45, 7) is 2.02. The van der Waals surface area contributed by atoms with E-state index in [1.165, 1.54) is 0 Å². The van der Waals surface area contributed by atoms with E-state index in [9.17, 15) is 4.79 Å². The Morgan fingerprint density at radius 3 is 2.55 bits per heavy atom. The zero-order chi connectivity index (χ0) is 14.5. The first-order valence-electron chi connectivity index (χ1n) is 6.36. The van der Waals surface area contributed by atoms with Crippen LogP contribution >= 0.6 is 23.2 Å². The van der Waals surface area contributed by atoms with Gasteiger partial charge in [0.15, 0.2) is 0 Å². The lowest BCUT2D eigenvalue weighted by atomic mass is 9.97. The van der Waals surface area contributed by atoms with Gasteiger partial charge in [-0.3, -0.25) is 4.79 Å². The second-order valence-corrected chi connectivity index (χ2v) is 5.53. The van der Waals surface area contributed by atoms with Crippen LogP contribution < -0.4 is 5.32 Å². The molecule has 1 unspecified atom stereocenters. The normalized spacial score (nSPS) is 11.9. The summed E-state index contributed by atoms with van der Waals surface area (Å²) in [5, 5.41) is 3.82. The number of hydrogen-bond donors (Lipinski definition) is 1. The fourth-order valence-corrected chi connectivity index (χ4v) is 2.31. The van der Waals surface area contributed by atoms with E-state index in [1.54, 1.807) is 18.2 Å². The minimum atomic E-state index is -0.0782. The van der Waals surface area contributed by atoms with E-state index in [4.69, 9.17) is 23.2 Å². The molecule has 1 atom stereocenters. The molecular formula is C16H15Cl2NO. The van der Waals surface area contributed by atoms with Crippen LogP contribution in [0.5, 0.6) is 0 Å². The molecule has 0 radical (unpaired) electrons. The van der Waals surface area contributed by atoms with Crippen LogP contribution in [0.2, 0.25) is 10.0 Å². The number of benzene rings is 2. The molecule has 1 amide bonds. The van der Waals surface area contributed by atoms with Crippen molar-refractivity contribution in [2.75, 3.05) is 5.32 Å². The number of nitrogens with one attached hydrogen (secondary N) is 1. The predicted octanol–water partition coefficient (Wildman–Crippen LogP) is 5.13. The van der Waals surface area contributed by atoms with Gasteiger partial charge < -0.3 is 5.32 Å². The number of carbonyl (C=O) groups is 1. The van der Waals surface area contributed by atoms with Crippen LogP contribution in [0.15, 0.2) is 48.5 Å². The Bertz CT molecular complexity index is 599. The molecule has 0 aliphatic heterocycles. The molecule has 0 saturated carbocycles.